The molecule has 2 aliphatic rings. The van der Waals surface area contributed by atoms with E-state index in [1.54, 1.807) is 12.5 Å². The van der Waals surface area contributed by atoms with Crippen molar-refractivity contribution in [2.24, 2.45) is 13.0 Å². The maximum atomic E-state index is 11.3. The predicted molar refractivity (Wildman–Crippen MR) is 95.7 cm³/mol. The fraction of sp³-hybridized carbons (Fsp3) is 0.684. The highest BCUT2D eigenvalue weighted by Gasteiger charge is 2.35. The molecular weight excluding hydrogens is 300 g/mol. The molecular formula is C19H30N4O. The first-order valence-electron chi connectivity index (χ1n) is 9.24. The number of likely N-dealkylation sites (tertiary alicyclic amines) is 1. The van der Waals surface area contributed by atoms with Gasteiger partial charge in [-0.25, -0.2) is 4.98 Å². The number of allylic oxidation sites excluding steroid dienone is 1. The lowest BCUT2D eigenvalue weighted by atomic mass is 9.93. The molecule has 1 saturated heterocycles. The van der Waals surface area contributed by atoms with Crippen LogP contribution >= 0.6 is 0 Å². The molecule has 0 spiro atoms. The van der Waals surface area contributed by atoms with Gasteiger partial charge < -0.3 is 14.8 Å². The first kappa shape index (κ1) is 17.2. The molecule has 2 heterocycles. The van der Waals surface area contributed by atoms with Gasteiger partial charge in [-0.3, -0.25) is 4.79 Å². The minimum atomic E-state index is 0.0598. The molecule has 1 aromatic rings. The zero-order valence-corrected chi connectivity index (χ0v) is 15.0. The number of imidazole rings is 1. The van der Waals surface area contributed by atoms with Gasteiger partial charge in [0.2, 0.25) is 5.91 Å². The Balaban J connectivity index is 1.62. The van der Waals surface area contributed by atoms with Crippen molar-refractivity contribution in [3.05, 3.63) is 29.9 Å². The molecule has 0 radical (unpaired) electrons. The number of aryl methyl sites for hydroxylation is 1. The summed E-state index contributed by atoms with van der Waals surface area (Å²) >= 11 is 0. The van der Waals surface area contributed by atoms with Crippen LogP contribution in [0.2, 0.25) is 0 Å². The number of nitrogens with one attached hydrogen (secondary N) is 1. The van der Waals surface area contributed by atoms with Gasteiger partial charge in [0.15, 0.2) is 0 Å². The number of carbonyl (C=O) groups is 1. The summed E-state index contributed by atoms with van der Waals surface area (Å²) in [4.78, 5) is 18.2. The van der Waals surface area contributed by atoms with Crippen LogP contribution in [0.4, 0.5) is 0 Å². The topological polar surface area (TPSA) is 50.2 Å². The van der Waals surface area contributed by atoms with Gasteiger partial charge in [-0.2, -0.15) is 0 Å². The average Bonchev–Trinajstić information content (AvgIpc) is 3.17. The third kappa shape index (κ3) is 4.26. The Kier molecular flexibility index (Phi) is 5.72. The van der Waals surface area contributed by atoms with Crippen molar-refractivity contribution in [3.63, 3.8) is 0 Å². The Hall–Kier alpha value is -1.62. The van der Waals surface area contributed by atoms with Gasteiger partial charge in [0.1, 0.15) is 0 Å². The van der Waals surface area contributed by atoms with Crippen molar-refractivity contribution >= 4 is 5.91 Å². The minimum absolute atomic E-state index is 0.0598. The van der Waals surface area contributed by atoms with E-state index in [9.17, 15) is 4.79 Å². The predicted octanol–water partition coefficient (Wildman–Crippen LogP) is 2.46. The van der Waals surface area contributed by atoms with Crippen LogP contribution < -0.4 is 5.32 Å². The highest BCUT2D eigenvalue weighted by atomic mass is 16.1. The summed E-state index contributed by atoms with van der Waals surface area (Å²) in [6.45, 7) is 5.61. The molecule has 3 rings (SSSR count). The van der Waals surface area contributed by atoms with Crippen molar-refractivity contribution < 1.29 is 4.79 Å². The average molecular weight is 330 g/mol. The van der Waals surface area contributed by atoms with E-state index in [4.69, 9.17) is 0 Å². The molecule has 1 amide bonds. The number of nitrogens with zero attached hydrogens (tertiary/aromatic N) is 3. The second-order valence-corrected chi connectivity index (χ2v) is 7.35. The van der Waals surface area contributed by atoms with E-state index in [-0.39, 0.29) is 5.91 Å². The molecule has 5 heteroatoms. The lowest BCUT2D eigenvalue weighted by Crippen LogP contribution is -2.31. The molecule has 1 aliphatic heterocycles. The van der Waals surface area contributed by atoms with Crippen molar-refractivity contribution in [2.75, 3.05) is 26.2 Å². The van der Waals surface area contributed by atoms with E-state index in [0.29, 0.717) is 11.8 Å². The Bertz CT molecular complexity index is 592. The van der Waals surface area contributed by atoms with E-state index in [1.165, 1.54) is 37.8 Å². The zero-order valence-electron chi connectivity index (χ0n) is 15.0. The van der Waals surface area contributed by atoms with Crippen LogP contribution in [0.1, 0.15) is 50.6 Å². The van der Waals surface area contributed by atoms with Crippen LogP contribution in [-0.4, -0.2) is 46.5 Å². The first-order chi connectivity index (χ1) is 11.6. The van der Waals surface area contributed by atoms with E-state index in [0.717, 1.165) is 26.2 Å². The second-order valence-electron chi connectivity index (χ2n) is 7.35. The summed E-state index contributed by atoms with van der Waals surface area (Å²) in [5, 5.41) is 3.02. The van der Waals surface area contributed by atoms with Crippen LogP contribution in [0.15, 0.2) is 24.2 Å². The first-order valence-corrected chi connectivity index (χ1v) is 9.24. The third-order valence-electron chi connectivity index (χ3n) is 5.50. The summed E-state index contributed by atoms with van der Waals surface area (Å²) in [5.41, 5.74) is 2.92. The molecule has 0 unspecified atom stereocenters. The van der Waals surface area contributed by atoms with Crippen LogP contribution in [0, 0.1) is 5.92 Å². The van der Waals surface area contributed by atoms with Crippen molar-refractivity contribution in [3.8, 4) is 0 Å². The van der Waals surface area contributed by atoms with Gasteiger partial charge in [-0.15, -0.1) is 0 Å². The SMILES string of the molecule is CC(=O)NC[C@@H]1CN(CCC2=CCCCC2)C[C@H]1c1cncn1C. The van der Waals surface area contributed by atoms with E-state index in [1.807, 2.05) is 12.5 Å². The van der Waals surface area contributed by atoms with Crippen LogP contribution in [0.3, 0.4) is 0 Å². The monoisotopic (exact) mass is 330 g/mol. The molecule has 1 fully saturated rings. The maximum absolute atomic E-state index is 11.3. The van der Waals surface area contributed by atoms with E-state index < -0.39 is 0 Å². The number of aromatic nitrogens is 2. The summed E-state index contributed by atoms with van der Waals surface area (Å²) in [6.07, 6.45) is 12.8. The van der Waals surface area contributed by atoms with Gasteiger partial charge >= 0.3 is 0 Å². The summed E-state index contributed by atoms with van der Waals surface area (Å²) in [5.74, 6) is 0.971. The van der Waals surface area contributed by atoms with Crippen LogP contribution in [0.25, 0.3) is 0 Å². The molecule has 0 saturated carbocycles. The largest absolute Gasteiger partial charge is 0.356 e. The number of rotatable bonds is 6. The van der Waals surface area contributed by atoms with Crippen molar-refractivity contribution in [1.29, 1.82) is 0 Å². The number of hydrogen-bond donors (Lipinski definition) is 1. The minimum Gasteiger partial charge on any atom is -0.356 e. The quantitative estimate of drug-likeness (QED) is 0.815. The lowest BCUT2D eigenvalue weighted by Gasteiger charge is -2.19. The molecule has 1 aromatic heterocycles. The smallest absolute Gasteiger partial charge is 0.216 e. The summed E-state index contributed by atoms with van der Waals surface area (Å²) < 4.78 is 2.12. The molecule has 0 aromatic carbocycles. The van der Waals surface area contributed by atoms with Crippen LogP contribution in [-0.2, 0) is 11.8 Å². The van der Waals surface area contributed by atoms with Gasteiger partial charge in [0.25, 0.3) is 0 Å². The van der Waals surface area contributed by atoms with Gasteiger partial charge in [0.05, 0.1) is 6.33 Å². The Morgan fingerprint density at radius 2 is 2.25 bits per heavy atom. The highest BCUT2D eigenvalue weighted by Crippen LogP contribution is 2.32. The standard InChI is InChI=1S/C19H30N4O/c1-15(24)21-10-17-12-23(9-8-16-6-4-3-5-7-16)13-18(17)19-11-20-14-22(19)2/h6,11,14,17-18H,3-5,7-10,12-13H2,1-2H3,(H,21,24)/t17-,18-/m1/s1. The van der Waals surface area contributed by atoms with E-state index in [2.05, 4.69) is 32.9 Å². The molecule has 0 bridgehead atoms. The van der Waals surface area contributed by atoms with Gasteiger partial charge in [0, 0.05) is 58.0 Å². The number of hydrogen-bond acceptors (Lipinski definition) is 3. The molecule has 2 atom stereocenters. The van der Waals surface area contributed by atoms with E-state index >= 15 is 0 Å². The van der Waals surface area contributed by atoms with Gasteiger partial charge in [-0.05, 0) is 38.0 Å². The van der Waals surface area contributed by atoms with Gasteiger partial charge in [-0.1, -0.05) is 11.6 Å². The molecule has 1 aliphatic carbocycles. The third-order valence-corrected chi connectivity index (χ3v) is 5.50. The second kappa shape index (κ2) is 7.97. The Morgan fingerprint density at radius 1 is 1.38 bits per heavy atom. The normalized spacial score (nSPS) is 24.8. The molecule has 5 nitrogen and oxygen atoms in total. The number of amides is 1. The Morgan fingerprint density at radius 3 is 2.92 bits per heavy atom. The van der Waals surface area contributed by atoms with Crippen LogP contribution in [0.5, 0.6) is 0 Å². The molecule has 132 valence electrons. The summed E-state index contributed by atoms with van der Waals surface area (Å²) in [6, 6.07) is 0. The molecule has 1 N–H and O–H groups in total. The van der Waals surface area contributed by atoms with Crippen molar-refractivity contribution in [2.45, 2.75) is 44.9 Å². The summed E-state index contributed by atoms with van der Waals surface area (Å²) in [7, 11) is 2.06. The fourth-order valence-corrected chi connectivity index (χ4v) is 4.12. The fourth-order valence-electron chi connectivity index (χ4n) is 4.12. The zero-order chi connectivity index (χ0) is 16.9. The molecule has 24 heavy (non-hydrogen) atoms. The highest BCUT2D eigenvalue weighted by molar-refractivity contribution is 5.72. The van der Waals surface area contributed by atoms with Crippen molar-refractivity contribution in [1.82, 2.24) is 19.8 Å². The lowest BCUT2D eigenvalue weighted by molar-refractivity contribution is -0.119. The Labute approximate surface area is 145 Å². The maximum Gasteiger partial charge on any atom is 0.216 e. The number of carbonyl (C=O) groups excluding carboxylic acids is 1.